The number of carbonyl (C=O) groups is 2. The summed E-state index contributed by atoms with van der Waals surface area (Å²) in [6.45, 7) is 2.31. The first-order chi connectivity index (χ1) is 13.3. The summed E-state index contributed by atoms with van der Waals surface area (Å²) in [4.78, 5) is 25.3. The molecule has 1 saturated heterocycles. The zero-order valence-electron chi connectivity index (χ0n) is 15.1. The number of nitrogens with zero attached hydrogens (tertiary/aromatic N) is 1. The Hall–Kier alpha value is -2.52. The number of hydrogen-bond acceptors (Lipinski definition) is 5. The van der Waals surface area contributed by atoms with Crippen LogP contribution in [0.1, 0.15) is 23.7 Å². The van der Waals surface area contributed by atoms with Crippen molar-refractivity contribution in [2.75, 3.05) is 27.2 Å². The second-order valence-electron chi connectivity index (χ2n) is 6.70. The second-order valence-corrected chi connectivity index (χ2v) is 10.1. The minimum Gasteiger partial charge on any atom is -0.324 e. The molecule has 146 valence electrons. The van der Waals surface area contributed by atoms with Gasteiger partial charge in [0.1, 0.15) is 0 Å². The Kier molecular flexibility index (Phi) is 4.80. The first-order valence-electron chi connectivity index (χ1n) is 8.87. The fourth-order valence-corrected chi connectivity index (χ4v) is 5.69. The first-order valence-corrected chi connectivity index (χ1v) is 11.4. The Morgan fingerprint density at radius 2 is 1.96 bits per heavy atom. The van der Waals surface area contributed by atoms with Gasteiger partial charge in [0.25, 0.3) is 5.91 Å². The smallest absolute Gasteiger partial charge is 0.255 e. The molecule has 2 amide bonds. The van der Waals surface area contributed by atoms with E-state index in [9.17, 15) is 18.0 Å². The zero-order valence-corrected chi connectivity index (χ0v) is 16.8. The molecule has 1 atom stereocenters. The average Bonchev–Trinajstić information content (AvgIpc) is 3.02. The van der Waals surface area contributed by atoms with Crippen molar-refractivity contribution in [2.45, 2.75) is 23.5 Å². The molecule has 2 aromatic rings. The van der Waals surface area contributed by atoms with Crippen LogP contribution < -0.4 is 14.9 Å². The van der Waals surface area contributed by atoms with Gasteiger partial charge >= 0.3 is 0 Å². The minimum atomic E-state index is -3.23. The molecule has 2 N–H and O–H groups in total. The highest BCUT2D eigenvalue weighted by atomic mass is 32.2. The molecular weight excluding hydrogens is 398 g/mol. The van der Waals surface area contributed by atoms with Gasteiger partial charge in [-0.3, -0.25) is 13.9 Å². The Labute approximate surface area is 167 Å². The van der Waals surface area contributed by atoms with Gasteiger partial charge in [-0.15, -0.1) is 11.8 Å². The zero-order chi connectivity index (χ0) is 19.9. The minimum absolute atomic E-state index is 0.0810. The van der Waals surface area contributed by atoms with E-state index in [2.05, 4.69) is 10.6 Å². The molecule has 2 aliphatic heterocycles. The summed E-state index contributed by atoms with van der Waals surface area (Å²) in [7, 11) is -3.23. The van der Waals surface area contributed by atoms with Crippen LogP contribution in [0.3, 0.4) is 0 Å². The molecule has 0 radical (unpaired) electrons. The van der Waals surface area contributed by atoms with E-state index < -0.39 is 10.0 Å². The highest BCUT2D eigenvalue weighted by Gasteiger charge is 2.28. The van der Waals surface area contributed by atoms with Crippen molar-refractivity contribution in [1.29, 1.82) is 0 Å². The lowest BCUT2D eigenvalue weighted by Gasteiger charge is -2.21. The average molecular weight is 418 g/mol. The van der Waals surface area contributed by atoms with E-state index in [1.807, 2.05) is 13.0 Å². The molecule has 2 aliphatic rings. The number of hydrogen-bond donors (Lipinski definition) is 2. The van der Waals surface area contributed by atoms with Crippen LogP contribution in [0.15, 0.2) is 47.4 Å². The SMILES string of the molecule is CC1Sc2ccc(C(=O)Nc3ccc(N4CCCS4(=O)=O)cc3)cc2NC1=O. The summed E-state index contributed by atoms with van der Waals surface area (Å²) in [5, 5.41) is 5.45. The number of rotatable bonds is 3. The van der Waals surface area contributed by atoms with Gasteiger partial charge in [0.05, 0.1) is 22.4 Å². The number of fused-ring (bicyclic) bond motifs is 1. The fraction of sp³-hybridized carbons (Fsp3) is 0.263. The summed E-state index contributed by atoms with van der Waals surface area (Å²) in [5.41, 5.74) is 2.23. The van der Waals surface area contributed by atoms with Crippen molar-refractivity contribution in [3.05, 3.63) is 48.0 Å². The molecule has 1 fully saturated rings. The molecule has 28 heavy (non-hydrogen) atoms. The van der Waals surface area contributed by atoms with Crippen LogP contribution >= 0.6 is 11.8 Å². The summed E-state index contributed by atoms with van der Waals surface area (Å²) in [5.74, 6) is -0.220. The topological polar surface area (TPSA) is 95.6 Å². The van der Waals surface area contributed by atoms with E-state index in [-0.39, 0.29) is 22.8 Å². The Morgan fingerprint density at radius 3 is 2.64 bits per heavy atom. The van der Waals surface area contributed by atoms with Crippen molar-refractivity contribution >= 4 is 50.7 Å². The predicted octanol–water partition coefficient (Wildman–Crippen LogP) is 2.91. The third kappa shape index (κ3) is 3.59. The molecule has 0 aromatic heterocycles. The van der Waals surface area contributed by atoms with Crippen LogP contribution in [0, 0.1) is 0 Å². The maximum atomic E-state index is 12.6. The van der Waals surface area contributed by atoms with Crippen LogP contribution in [0.5, 0.6) is 0 Å². The number of carbonyl (C=O) groups excluding carboxylic acids is 2. The Morgan fingerprint density at radius 1 is 1.21 bits per heavy atom. The van der Waals surface area contributed by atoms with Gasteiger partial charge in [0.15, 0.2) is 0 Å². The number of sulfonamides is 1. The van der Waals surface area contributed by atoms with Crippen LogP contribution in [0.2, 0.25) is 0 Å². The third-order valence-electron chi connectivity index (χ3n) is 4.69. The second kappa shape index (κ2) is 7.14. The largest absolute Gasteiger partial charge is 0.324 e. The van der Waals surface area contributed by atoms with Crippen molar-refractivity contribution < 1.29 is 18.0 Å². The lowest BCUT2D eigenvalue weighted by atomic mass is 10.1. The summed E-state index contributed by atoms with van der Waals surface area (Å²) in [6.07, 6.45) is 0.618. The van der Waals surface area contributed by atoms with Gasteiger partial charge < -0.3 is 10.6 Å². The molecule has 7 nitrogen and oxygen atoms in total. The Balaban J connectivity index is 1.48. The van der Waals surface area contributed by atoms with Crippen molar-refractivity contribution in [1.82, 2.24) is 0 Å². The Bertz CT molecular complexity index is 1050. The molecule has 1 unspecified atom stereocenters. The lowest BCUT2D eigenvalue weighted by Crippen LogP contribution is -2.26. The van der Waals surface area contributed by atoms with Gasteiger partial charge in [0.2, 0.25) is 15.9 Å². The summed E-state index contributed by atoms with van der Waals surface area (Å²) >= 11 is 1.46. The quantitative estimate of drug-likeness (QED) is 0.801. The number of thioether (sulfide) groups is 1. The fourth-order valence-electron chi connectivity index (χ4n) is 3.19. The van der Waals surface area contributed by atoms with Crippen molar-refractivity contribution in [3.8, 4) is 0 Å². The summed E-state index contributed by atoms with van der Waals surface area (Å²) in [6, 6.07) is 11.9. The van der Waals surface area contributed by atoms with E-state index >= 15 is 0 Å². The van der Waals surface area contributed by atoms with Gasteiger partial charge in [-0.05, 0) is 55.8 Å². The lowest BCUT2D eigenvalue weighted by molar-refractivity contribution is -0.115. The van der Waals surface area contributed by atoms with E-state index in [0.717, 1.165) is 4.90 Å². The summed E-state index contributed by atoms with van der Waals surface area (Å²) < 4.78 is 25.4. The maximum Gasteiger partial charge on any atom is 0.255 e. The maximum absolute atomic E-state index is 12.6. The molecule has 2 heterocycles. The molecule has 0 aliphatic carbocycles. The molecule has 4 rings (SSSR count). The van der Waals surface area contributed by atoms with E-state index in [1.165, 1.54) is 16.1 Å². The normalized spacial score (nSPS) is 20.4. The molecule has 9 heteroatoms. The molecular formula is C19H19N3O4S2. The molecule has 0 bridgehead atoms. The standard InChI is InChI=1S/C19H19N3O4S2/c1-12-18(23)21-16-11-13(3-8-17(16)27-12)19(24)20-14-4-6-15(7-5-14)22-9-2-10-28(22,25)26/h3-8,11-12H,2,9-10H2,1H3,(H,20,24)(H,21,23). The monoisotopic (exact) mass is 417 g/mol. The third-order valence-corrected chi connectivity index (χ3v) is 7.73. The van der Waals surface area contributed by atoms with Crippen LogP contribution in [-0.4, -0.2) is 37.8 Å². The van der Waals surface area contributed by atoms with Gasteiger partial charge in [-0.1, -0.05) is 0 Å². The molecule has 0 saturated carbocycles. The van der Waals surface area contributed by atoms with E-state index in [4.69, 9.17) is 0 Å². The van der Waals surface area contributed by atoms with Crippen LogP contribution in [0.25, 0.3) is 0 Å². The van der Waals surface area contributed by atoms with Crippen LogP contribution in [0.4, 0.5) is 17.1 Å². The number of benzene rings is 2. The number of nitrogens with one attached hydrogen (secondary N) is 2. The van der Waals surface area contributed by atoms with Gasteiger partial charge in [-0.25, -0.2) is 8.42 Å². The highest BCUT2D eigenvalue weighted by molar-refractivity contribution is 8.01. The van der Waals surface area contributed by atoms with E-state index in [0.29, 0.717) is 35.6 Å². The first kappa shape index (κ1) is 18.8. The highest BCUT2D eigenvalue weighted by Crippen LogP contribution is 2.36. The van der Waals surface area contributed by atoms with Crippen LogP contribution in [-0.2, 0) is 14.8 Å². The molecule has 0 spiro atoms. The van der Waals surface area contributed by atoms with Gasteiger partial charge in [-0.2, -0.15) is 0 Å². The number of anilines is 3. The van der Waals surface area contributed by atoms with E-state index in [1.54, 1.807) is 36.4 Å². The van der Waals surface area contributed by atoms with Crippen molar-refractivity contribution in [3.63, 3.8) is 0 Å². The van der Waals surface area contributed by atoms with Crippen molar-refractivity contribution in [2.24, 2.45) is 0 Å². The van der Waals surface area contributed by atoms with Gasteiger partial charge in [0, 0.05) is 22.7 Å². The predicted molar refractivity (Wildman–Crippen MR) is 111 cm³/mol. The molecule has 2 aromatic carbocycles. The number of amides is 2.